The van der Waals surface area contributed by atoms with Gasteiger partial charge >= 0.3 is 12.4 Å². The fourth-order valence-corrected chi connectivity index (χ4v) is 1.69. The Hall–Kier alpha value is -2.52. The van der Waals surface area contributed by atoms with E-state index in [1.807, 2.05) is 0 Å². The van der Waals surface area contributed by atoms with Crippen LogP contribution in [0.1, 0.15) is 21.7 Å². The van der Waals surface area contributed by atoms with E-state index in [9.17, 15) is 31.1 Å². The second-order valence-corrected chi connectivity index (χ2v) is 4.23. The lowest BCUT2D eigenvalue weighted by atomic mass is 10.2. The molecule has 4 nitrogen and oxygen atoms in total. The van der Waals surface area contributed by atoms with Crippen LogP contribution in [0.15, 0.2) is 30.3 Å². The number of rotatable bonds is 2. The van der Waals surface area contributed by atoms with E-state index in [0.29, 0.717) is 0 Å². The number of amides is 1. The fraction of sp³-hybridized carbons (Fsp3) is 0.167. The summed E-state index contributed by atoms with van der Waals surface area (Å²) in [6.07, 6.45) is -10.0. The van der Waals surface area contributed by atoms with Gasteiger partial charge in [0.15, 0.2) is 5.69 Å². The average molecular weight is 323 g/mol. The van der Waals surface area contributed by atoms with Crippen molar-refractivity contribution in [3.63, 3.8) is 0 Å². The number of hydrogen-bond donors (Lipinski definition) is 1. The number of aromatic nitrogens is 2. The first-order valence-electron chi connectivity index (χ1n) is 5.65. The molecule has 0 aliphatic carbocycles. The molecule has 2 rings (SSSR count). The highest BCUT2D eigenvalue weighted by atomic mass is 19.4. The van der Waals surface area contributed by atoms with Gasteiger partial charge in [-0.15, -0.1) is 0 Å². The van der Waals surface area contributed by atoms with Crippen LogP contribution in [0.3, 0.4) is 0 Å². The third kappa shape index (κ3) is 3.05. The summed E-state index contributed by atoms with van der Waals surface area (Å²) in [5.41, 5.74) is 1.44. The van der Waals surface area contributed by atoms with Gasteiger partial charge in [0.2, 0.25) is 5.91 Å². The quantitative estimate of drug-likeness (QED) is 0.864. The van der Waals surface area contributed by atoms with Gasteiger partial charge in [-0.25, -0.2) is 4.68 Å². The zero-order valence-electron chi connectivity index (χ0n) is 10.5. The molecule has 1 amide bonds. The van der Waals surface area contributed by atoms with Crippen LogP contribution in [0, 0.1) is 0 Å². The molecule has 0 radical (unpaired) electrons. The van der Waals surface area contributed by atoms with Gasteiger partial charge in [-0.05, 0) is 24.3 Å². The lowest BCUT2D eigenvalue weighted by Gasteiger charge is -2.10. The van der Waals surface area contributed by atoms with E-state index < -0.39 is 29.6 Å². The average Bonchev–Trinajstić information content (AvgIpc) is 2.83. The van der Waals surface area contributed by atoms with Gasteiger partial charge < -0.3 is 5.73 Å². The third-order valence-corrected chi connectivity index (χ3v) is 2.69. The normalized spacial score (nSPS) is 12.5. The van der Waals surface area contributed by atoms with Gasteiger partial charge in [0.25, 0.3) is 0 Å². The van der Waals surface area contributed by atoms with Crippen molar-refractivity contribution in [2.24, 2.45) is 5.73 Å². The second kappa shape index (κ2) is 5.04. The molecule has 2 aromatic rings. The molecule has 2 N–H and O–H groups in total. The highest BCUT2D eigenvalue weighted by Gasteiger charge is 2.42. The maximum Gasteiger partial charge on any atom is 0.435 e. The van der Waals surface area contributed by atoms with Gasteiger partial charge in [0.1, 0.15) is 5.69 Å². The van der Waals surface area contributed by atoms with E-state index >= 15 is 0 Å². The molecule has 1 aromatic carbocycles. The van der Waals surface area contributed by atoms with Crippen molar-refractivity contribution in [2.75, 3.05) is 0 Å². The van der Waals surface area contributed by atoms with Gasteiger partial charge in [0.05, 0.1) is 5.69 Å². The van der Waals surface area contributed by atoms with Crippen molar-refractivity contribution in [1.29, 1.82) is 0 Å². The van der Waals surface area contributed by atoms with Gasteiger partial charge in [0, 0.05) is 11.6 Å². The first-order chi connectivity index (χ1) is 10.00. The highest BCUT2D eigenvalue weighted by molar-refractivity contribution is 5.92. The Labute approximate surface area is 119 Å². The summed E-state index contributed by atoms with van der Waals surface area (Å²) in [6.45, 7) is 0. The number of hydrogen-bond acceptors (Lipinski definition) is 2. The molecule has 0 unspecified atom stereocenters. The Bertz CT molecular complexity index is 699. The number of carbonyl (C=O) groups is 1. The lowest BCUT2D eigenvalue weighted by Crippen LogP contribution is -2.14. The van der Waals surface area contributed by atoms with E-state index in [1.54, 1.807) is 0 Å². The molecule has 22 heavy (non-hydrogen) atoms. The van der Waals surface area contributed by atoms with Crippen LogP contribution in [0.5, 0.6) is 0 Å². The van der Waals surface area contributed by atoms with Crippen LogP contribution in [0.4, 0.5) is 26.3 Å². The summed E-state index contributed by atoms with van der Waals surface area (Å²) >= 11 is 0. The summed E-state index contributed by atoms with van der Waals surface area (Å²) in [5.74, 6) is -0.820. The van der Waals surface area contributed by atoms with Crippen molar-refractivity contribution in [3.8, 4) is 5.69 Å². The molecule has 0 atom stereocenters. The summed E-state index contributed by atoms with van der Waals surface area (Å²) in [6, 6.07) is 4.13. The van der Waals surface area contributed by atoms with E-state index in [0.717, 1.165) is 24.3 Å². The Kier molecular flexibility index (Phi) is 3.63. The molecule has 0 bridgehead atoms. The van der Waals surface area contributed by atoms with Crippen LogP contribution in [-0.4, -0.2) is 15.7 Å². The molecule has 1 aromatic heterocycles. The summed E-state index contributed by atoms with van der Waals surface area (Å²) < 4.78 is 76.3. The zero-order valence-corrected chi connectivity index (χ0v) is 10.5. The number of carbonyl (C=O) groups excluding carboxylic acids is 1. The van der Waals surface area contributed by atoms with Gasteiger partial charge in [-0.2, -0.15) is 31.4 Å². The number of nitrogens with two attached hydrogens (primary N) is 1. The summed E-state index contributed by atoms with van der Waals surface area (Å²) in [4.78, 5) is 10.9. The van der Waals surface area contributed by atoms with E-state index in [4.69, 9.17) is 5.73 Å². The highest BCUT2D eigenvalue weighted by Crippen LogP contribution is 2.36. The first-order valence-corrected chi connectivity index (χ1v) is 5.65. The molecule has 0 saturated heterocycles. The zero-order chi connectivity index (χ0) is 16.7. The Morgan fingerprint density at radius 1 is 1.00 bits per heavy atom. The maximum atomic E-state index is 12.8. The molecular formula is C12H7F6N3O. The minimum atomic E-state index is -5.03. The molecule has 0 fully saturated rings. The lowest BCUT2D eigenvalue weighted by molar-refractivity contribution is -0.143. The van der Waals surface area contributed by atoms with Gasteiger partial charge in [-0.1, -0.05) is 0 Å². The largest absolute Gasteiger partial charge is 0.435 e. The minimum Gasteiger partial charge on any atom is -0.366 e. The maximum absolute atomic E-state index is 12.8. The summed E-state index contributed by atoms with van der Waals surface area (Å²) in [7, 11) is 0. The van der Waals surface area contributed by atoms with Crippen molar-refractivity contribution < 1.29 is 31.1 Å². The van der Waals surface area contributed by atoms with Crippen LogP contribution in [0.25, 0.3) is 5.69 Å². The Morgan fingerprint density at radius 2 is 1.55 bits per heavy atom. The van der Waals surface area contributed by atoms with E-state index in [2.05, 4.69) is 5.10 Å². The number of halogens is 6. The van der Waals surface area contributed by atoms with Gasteiger partial charge in [-0.3, -0.25) is 4.79 Å². The first kappa shape index (κ1) is 15.9. The van der Waals surface area contributed by atoms with Crippen LogP contribution >= 0.6 is 0 Å². The van der Waals surface area contributed by atoms with Crippen molar-refractivity contribution >= 4 is 5.91 Å². The molecule has 0 saturated carbocycles. The van der Waals surface area contributed by atoms with Crippen molar-refractivity contribution in [2.45, 2.75) is 12.4 Å². The van der Waals surface area contributed by atoms with Crippen LogP contribution in [0.2, 0.25) is 0 Å². The Morgan fingerprint density at radius 3 is 1.95 bits per heavy atom. The standard InChI is InChI=1S/C12H7F6N3O/c13-11(14,15)8-5-9(12(16,17)18)21(20-8)7-3-1-6(2-4-7)10(19)22/h1-5H,(H2,19,22). The second-order valence-electron chi connectivity index (χ2n) is 4.23. The van der Waals surface area contributed by atoms with E-state index in [1.165, 1.54) is 0 Å². The number of nitrogens with zero attached hydrogens (tertiary/aromatic N) is 2. The third-order valence-electron chi connectivity index (χ3n) is 2.69. The summed E-state index contributed by atoms with van der Waals surface area (Å²) in [5, 5.41) is 2.95. The molecule has 1 heterocycles. The number of primary amides is 1. The minimum absolute atomic E-state index is 0.000472. The van der Waals surface area contributed by atoms with E-state index in [-0.39, 0.29) is 22.0 Å². The monoisotopic (exact) mass is 323 g/mol. The molecule has 118 valence electrons. The molecule has 0 aliphatic heterocycles. The predicted octanol–water partition coefficient (Wildman–Crippen LogP) is 3.01. The molecule has 0 spiro atoms. The fourth-order valence-electron chi connectivity index (χ4n) is 1.69. The number of benzene rings is 1. The molecule has 10 heteroatoms. The topological polar surface area (TPSA) is 60.9 Å². The van der Waals surface area contributed by atoms with Crippen molar-refractivity contribution in [1.82, 2.24) is 9.78 Å². The Balaban J connectivity index is 2.58. The van der Waals surface area contributed by atoms with Crippen molar-refractivity contribution in [3.05, 3.63) is 47.3 Å². The molecular weight excluding hydrogens is 316 g/mol. The number of alkyl halides is 6. The van der Waals surface area contributed by atoms with Crippen LogP contribution in [-0.2, 0) is 12.4 Å². The van der Waals surface area contributed by atoms with Crippen LogP contribution < -0.4 is 5.73 Å². The predicted molar refractivity (Wildman–Crippen MR) is 62.1 cm³/mol. The molecule has 0 aliphatic rings. The smallest absolute Gasteiger partial charge is 0.366 e. The SMILES string of the molecule is NC(=O)c1ccc(-n2nc(C(F)(F)F)cc2C(F)(F)F)cc1.